The predicted octanol–water partition coefficient (Wildman–Crippen LogP) is 2.43. The number of hydrogen-bond acceptors (Lipinski definition) is 4. The van der Waals surface area contributed by atoms with E-state index in [-0.39, 0.29) is 5.91 Å². The summed E-state index contributed by atoms with van der Waals surface area (Å²) in [5.74, 6) is 1.47. The Morgan fingerprint density at radius 3 is 2.70 bits per heavy atom. The van der Waals surface area contributed by atoms with Gasteiger partial charge in [-0.2, -0.15) is 5.10 Å². The van der Waals surface area contributed by atoms with Gasteiger partial charge in [0.1, 0.15) is 5.75 Å². The summed E-state index contributed by atoms with van der Waals surface area (Å²) in [4.78, 5) is 17.1. The number of aryl methyl sites for hydroxylation is 1. The first kappa shape index (κ1) is 19.4. The van der Waals surface area contributed by atoms with Crippen LogP contribution in [0, 0.1) is 5.92 Å². The van der Waals surface area contributed by atoms with Crippen molar-refractivity contribution in [1.82, 2.24) is 19.6 Å². The van der Waals surface area contributed by atoms with E-state index < -0.39 is 0 Å². The molecule has 1 aliphatic heterocycles. The second-order valence-corrected chi connectivity index (χ2v) is 7.48. The van der Waals surface area contributed by atoms with Gasteiger partial charge in [-0.15, -0.1) is 0 Å². The molecule has 1 unspecified atom stereocenters. The highest BCUT2D eigenvalue weighted by Crippen LogP contribution is 2.19. The number of nitrogens with zero attached hydrogens (tertiary/aromatic N) is 4. The normalized spacial score (nSPS) is 16.9. The molecule has 6 heteroatoms. The second-order valence-electron chi connectivity index (χ2n) is 7.48. The summed E-state index contributed by atoms with van der Waals surface area (Å²) in [7, 11) is 4.15. The van der Waals surface area contributed by atoms with Crippen molar-refractivity contribution in [2.24, 2.45) is 5.92 Å². The molecule has 0 bridgehead atoms. The molecule has 0 aliphatic carbocycles. The van der Waals surface area contributed by atoms with Crippen molar-refractivity contribution in [3.63, 3.8) is 0 Å². The van der Waals surface area contributed by atoms with Crippen LogP contribution in [0.25, 0.3) is 0 Å². The van der Waals surface area contributed by atoms with E-state index >= 15 is 0 Å². The minimum atomic E-state index is 0.210. The molecule has 146 valence electrons. The Kier molecular flexibility index (Phi) is 6.50. The van der Waals surface area contributed by atoms with Gasteiger partial charge in [-0.05, 0) is 51.2 Å². The molecule has 1 aromatic heterocycles. The van der Waals surface area contributed by atoms with Crippen LogP contribution in [0.4, 0.5) is 0 Å². The molecule has 0 N–H and O–H groups in total. The van der Waals surface area contributed by atoms with Gasteiger partial charge in [0.05, 0.1) is 18.8 Å². The highest BCUT2D eigenvalue weighted by molar-refractivity contribution is 5.76. The topological polar surface area (TPSA) is 50.6 Å². The molecule has 6 nitrogen and oxygen atoms in total. The number of hydrogen-bond donors (Lipinski definition) is 0. The van der Waals surface area contributed by atoms with Crippen LogP contribution >= 0.6 is 0 Å². The molecule has 0 spiro atoms. The van der Waals surface area contributed by atoms with E-state index in [0.29, 0.717) is 25.5 Å². The van der Waals surface area contributed by atoms with Crippen LogP contribution in [-0.4, -0.2) is 59.3 Å². The first-order valence-corrected chi connectivity index (χ1v) is 9.70. The number of amides is 1. The Balaban J connectivity index is 1.62. The number of fused-ring (bicyclic) bond motifs is 1. The summed E-state index contributed by atoms with van der Waals surface area (Å²) in [5, 5.41) is 4.43. The minimum absolute atomic E-state index is 0.210. The molecule has 1 aliphatic rings. The van der Waals surface area contributed by atoms with Crippen LogP contribution in [0.2, 0.25) is 0 Å². The van der Waals surface area contributed by atoms with Gasteiger partial charge >= 0.3 is 0 Å². The van der Waals surface area contributed by atoms with E-state index in [1.54, 1.807) is 0 Å². The van der Waals surface area contributed by atoms with Gasteiger partial charge in [0, 0.05) is 38.2 Å². The third-order valence-electron chi connectivity index (χ3n) is 4.91. The lowest BCUT2D eigenvalue weighted by molar-refractivity contribution is -0.132. The smallest absolute Gasteiger partial charge is 0.223 e. The molecular formula is C21H30N4O2. The molecule has 27 heavy (non-hydrogen) atoms. The quantitative estimate of drug-likeness (QED) is 0.751. The molecular weight excluding hydrogens is 340 g/mol. The molecule has 2 heterocycles. The van der Waals surface area contributed by atoms with Crippen molar-refractivity contribution in [2.75, 3.05) is 33.8 Å². The summed E-state index contributed by atoms with van der Waals surface area (Å²) in [5.41, 5.74) is 2.28. The first-order chi connectivity index (χ1) is 13.0. The maximum Gasteiger partial charge on any atom is 0.223 e. The molecule has 0 saturated carbocycles. The van der Waals surface area contributed by atoms with Crippen LogP contribution in [0.5, 0.6) is 5.75 Å². The number of aromatic nitrogens is 2. The Bertz CT molecular complexity index is 739. The lowest BCUT2D eigenvalue weighted by Gasteiger charge is -2.26. The monoisotopic (exact) mass is 370 g/mol. The van der Waals surface area contributed by atoms with Gasteiger partial charge in [-0.3, -0.25) is 9.48 Å². The fourth-order valence-corrected chi connectivity index (χ4v) is 3.68. The third-order valence-corrected chi connectivity index (χ3v) is 4.91. The van der Waals surface area contributed by atoms with Crippen molar-refractivity contribution in [3.05, 3.63) is 47.8 Å². The minimum Gasteiger partial charge on any atom is -0.494 e. The van der Waals surface area contributed by atoms with Crippen LogP contribution < -0.4 is 4.74 Å². The lowest BCUT2D eigenvalue weighted by atomic mass is 10.1. The van der Waals surface area contributed by atoms with E-state index in [1.165, 1.54) is 0 Å². The standard InChI is InChI=1S/C21H30N4O2/c1-4-27-20-8-5-17(6-9-20)7-10-21(26)24-14-18(13-23(2)3)15-25-19(16-24)11-12-22-25/h5-6,8-9,11-12,18H,4,7,10,13-16H2,1-3H3. The highest BCUT2D eigenvalue weighted by atomic mass is 16.5. The average molecular weight is 370 g/mol. The molecule has 0 fully saturated rings. The lowest BCUT2D eigenvalue weighted by Crippen LogP contribution is -2.37. The summed E-state index contributed by atoms with van der Waals surface area (Å²) in [6.45, 7) is 5.88. The van der Waals surface area contributed by atoms with Crippen molar-refractivity contribution in [3.8, 4) is 5.75 Å². The summed E-state index contributed by atoms with van der Waals surface area (Å²) in [6, 6.07) is 10.1. The maximum atomic E-state index is 12.9. The Morgan fingerprint density at radius 1 is 1.22 bits per heavy atom. The summed E-state index contributed by atoms with van der Waals surface area (Å²) >= 11 is 0. The van der Waals surface area contributed by atoms with Gasteiger partial charge in [-0.1, -0.05) is 12.1 Å². The largest absolute Gasteiger partial charge is 0.494 e. The number of ether oxygens (including phenoxy) is 1. The van der Waals surface area contributed by atoms with Gasteiger partial charge in [0.25, 0.3) is 0 Å². The zero-order valence-corrected chi connectivity index (χ0v) is 16.6. The van der Waals surface area contributed by atoms with Crippen molar-refractivity contribution < 1.29 is 9.53 Å². The predicted molar refractivity (Wildman–Crippen MR) is 106 cm³/mol. The fourth-order valence-electron chi connectivity index (χ4n) is 3.68. The van der Waals surface area contributed by atoms with E-state index in [4.69, 9.17) is 4.74 Å². The van der Waals surface area contributed by atoms with Gasteiger partial charge in [0.2, 0.25) is 5.91 Å². The fraction of sp³-hybridized carbons (Fsp3) is 0.524. The van der Waals surface area contributed by atoms with E-state index in [1.807, 2.05) is 53.0 Å². The molecule has 1 amide bonds. The maximum absolute atomic E-state index is 12.9. The Morgan fingerprint density at radius 2 is 2.00 bits per heavy atom. The SMILES string of the molecule is CCOc1ccc(CCC(=O)N2Cc3ccnn3CC(CN(C)C)C2)cc1. The van der Waals surface area contributed by atoms with Crippen LogP contribution in [-0.2, 0) is 24.3 Å². The molecule has 2 aromatic rings. The van der Waals surface area contributed by atoms with E-state index in [2.05, 4.69) is 24.1 Å². The first-order valence-electron chi connectivity index (χ1n) is 9.70. The van der Waals surface area contributed by atoms with E-state index in [9.17, 15) is 4.79 Å². The zero-order valence-electron chi connectivity index (χ0n) is 16.6. The number of rotatable bonds is 7. The van der Waals surface area contributed by atoms with Crippen LogP contribution in [0.1, 0.15) is 24.6 Å². The molecule has 1 aromatic carbocycles. The van der Waals surface area contributed by atoms with Crippen molar-refractivity contribution in [1.29, 1.82) is 0 Å². The van der Waals surface area contributed by atoms with Gasteiger partial charge in [0.15, 0.2) is 0 Å². The van der Waals surface area contributed by atoms with Gasteiger partial charge in [-0.25, -0.2) is 0 Å². The second kappa shape index (κ2) is 9.04. The Labute approximate surface area is 161 Å². The number of benzene rings is 1. The van der Waals surface area contributed by atoms with Gasteiger partial charge < -0.3 is 14.5 Å². The number of carbonyl (C=O) groups excluding carboxylic acids is 1. The molecule has 0 radical (unpaired) electrons. The third kappa shape index (κ3) is 5.32. The van der Waals surface area contributed by atoms with Crippen LogP contribution in [0.15, 0.2) is 36.5 Å². The highest BCUT2D eigenvalue weighted by Gasteiger charge is 2.25. The van der Waals surface area contributed by atoms with Crippen molar-refractivity contribution in [2.45, 2.75) is 32.9 Å². The Hall–Kier alpha value is -2.34. The summed E-state index contributed by atoms with van der Waals surface area (Å²) < 4.78 is 7.53. The zero-order chi connectivity index (χ0) is 19.2. The average Bonchev–Trinajstić information content (AvgIpc) is 2.99. The molecule has 0 saturated heterocycles. The number of carbonyl (C=O) groups is 1. The van der Waals surface area contributed by atoms with Crippen molar-refractivity contribution >= 4 is 5.91 Å². The summed E-state index contributed by atoms with van der Waals surface area (Å²) in [6.07, 6.45) is 3.10. The van der Waals surface area contributed by atoms with Crippen LogP contribution in [0.3, 0.4) is 0 Å². The molecule has 1 atom stereocenters. The molecule has 3 rings (SSSR count). The van der Waals surface area contributed by atoms with E-state index in [0.717, 1.165) is 43.1 Å².